The molecule has 5 heteroatoms. The van der Waals surface area contributed by atoms with E-state index in [9.17, 15) is 13.2 Å². The van der Waals surface area contributed by atoms with Gasteiger partial charge in [-0.15, -0.1) is 0 Å². The zero-order valence-electron chi connectivity index (χ0n) is 11.2. The number of benzene rings is 2. The summed E-state index contributed by atoms with van der Waals surface area (Å²) in [7, 11) is 0. The van der Waals surface area contributed by atoms with Crippen LogP contribution in [0.1, 0.15) is 16.7 Å². The molecule has 0 atom stereocenters. The molecule has 2 aromatic rings. The fourth-order valence-electron chi connectivity index (χ4n) is 1.61. The Morgan fingerprint density at radius 2 is 1.48 bits per heavy atom. The maximum absolute atomic E-state index is 9.67. The Morgan fingerprint density at radius 1 is 0.905 bits per heavy atom. The van der Waals surface area contributed by atoms with Crippen molar-refractivity contribution in [3.8, 4) is 6.07 Å². The molecule has 21 heavy (non-hydrogen) atoms. The second-order valence-corrected chi connectivity index (χ2v) is 4.98. The van der Waals surface area contributed by atoms with Crippen molar-refractivity contribution in [3.05, 3.63) is 71.3 Å². The van der Waals surface area contributed by atoms with E-state index in [1.54, 1.807) is 0 Å². The molecular weight excluding hydrogens is 295 g/mol. The van der Waals surface area contributed by atoms with Crippen molar-refractivity contribution < 1.29 is 13.2 Å². The van der Waals surface area contributed by atoms with E-state index in [-0.39, 0.29) is 0 Å². The fraction of sp³-hybridized carbons (Fsp3) is 0.188. The minimum absolute atomic E-state index is 0.785. The highest BCUT2D eigenvalue weighted by Gasteiger charge is 2.00. The van der Waals surface area contributed by atoms with Crippen molar-refractivity contribution in [2.75, 3.05) is 0 Å². The fourth-order valence-corrected chi connectivity index (χ4v) is 2.61. The van der Waals surface area contributed by atoms with E-state index in [1.165, 1.54) is 5.56 Å². The third kappa shape index (κ3) is 7.42. The predicted octanol–water partition coefficient (Wildman–Crippen LogP) is 5.17. The number of alkyl halides is 3. The standard InChI is InChI=1S/C15H13NS.CHF3/c16-10-14-8-4-5-9-15(14)12-17-11-13-6-2-1-3-7-13;2-1(3)4/h1-9H,11-12H2;1H. The lowest BCUT2D eigenvalue weighted by molar-refractivity contribution is 0.00819. The van der Waals surface area contributed by atoms with Gasteiger partial charge >= 0.3 is 6.68 Å². The lowest BCUT2D eigenvalue weighted by atomic mass is 10.1. The number of hydrogen-bond donors (Lipinski definition) is 0. The van der Waals surface area contributed by atoms with Gasteiger partial charge in [0.25, 0.3) is 0 Å². The van der Waals surface area contributed by atoms with E-state index in [2.05, 4.69) is 30.3 Å². The van der Waals surface area contributed by atoms with Crippen LogP contribution < -0.4 is 0 Å². The van der Waals surface area contributed by atoms with Gasteiger partial charge in [-0.3, -0.25) is 0 Å². The Kier molecular flexibility index (Phi) is 8.07. The molecule has 0 amide bonds. The van der Waals surface area contributed by atoms with Crippen molar-refractivity contribution in [1.29, 1.82) is 5.26 Å². The molecule has 0 N–H and O–H groups in total. The third-order valence-corrected chi connectivity index (χ3v) is 3.56. The Morgan fingerprint density at radius 3 is 2.10 bits per heavy atom. The second-order valence-electron chi connectivity index (χ2n) is 3.99. The van der Waals surface area contributed by atoms with Crippen LogP contribution in [0, 0.1) is 11.3 Å². The molecule has 0 aliphatic carbocycles. The molecule has 0 aliphatic heterocycles. The summed E-state index contributed by atoms with van der Waals surface area (Å²) in [5.74, 6) is 1.87. The average Bonchev–Trinajstić information content (AvgIpc) is 2.48. The topological polar surface area (TPSA) is 23.8 Å². The molecule has 0 saturated heterocycles. The van der Waals surface area contributed by atoms with Gasteiger partial charge in [-0.05, 0) is 17.2 Å². The van der Waals surface area contributed by atoms with E-state index < -0.39 is 6.68 Å². The van der Waals surface area contributed by atoms with Crippen molar-refractivity contribution in [3.63, 3.8) is 0 Å². The maximum Gasteiger partial charge on any atom is 0.379 e. The van der Waals surface area contributed by atoms with Gasteiger partial charge in [0.05, 0.1) is 11.6 Å². The summed E-state index contributed by atoms with van der Waals surface area (Å²) in [6.45, 7) is -3.67. The molecule has 0 heterocycles. The second kappa shape index (κ2) is 9.89. The summed E-state index contributed by atoms with van der Waals surface area (Å²) in [6, 6.07) is 20.4. The van der Waals surface area contributed by atoms with Crippen LogP contribution >= 0.6 is 11.8 Å². The van der Waals surface area contributed by atoms with E-state index in [4.69, 9.17) is 5.26 Å². The maximum atomic E-state index is 9.67. The number of halogens is 3. The molecule has 0 unspecified atom stereocenters. The Labute approximate surface area is 126 Å². The molecule has 1 nitrogen and oxygen atoms in total. The summed E-state index contributed by atoms with van der Waals surface area (Å²) >= 11 is 1.84. The quantitative estimate of drug-likeness (QED) is 0.778. The molecular formula is C16H14F3NS. The van der Waals surface area contributed by atoms with Gasteiger partial charge in [0.15, 0.2) is 0 Å². The van der Waals surface area contributed by atoms with Crippen LogP contribution in [-0.2, 0) is 11.5 Å². The van der Waals surface area contributed by atoms with Crippen LogP contribution in [0.2, 0.25) is 0 Å². The number of thioether (sulfide) groups is 1. The summed E-state index contributed by atoms with van der Waals surface area (Å²) in [6.07, 6.45) is 0. The predicted molar refractivity (Wildman–Crippen MR) is 79.7 cm³/mol. The van der Waals surface area contributed by atoms with Gasteiger partial charge in [0, 0.05) is 11.5 Å². The minimum atomic E-state index is -3.67. The van der Waals surface area contributed by atoms with Gasteiger partial charge in [-0.1, -0.05) is 48.5 Å². The highest BCUT2D eigenvalue weighted by atomic mass is 32.2. The van der Waals surface area contributed by atoms with Crippen molar-refractivity contribution >= 4 is 11.8 Å². The molecule has 0 saturated carbocycles. The first-order chi connectivity index (χ1) is 10.1. The van der Waals surface area contributed by atoms with Gasteiger partial charge < -0.3 is 0 Å². The molecule has 2 rings (SSSR count). The largest absolute Gasteiger partial charge is 0.379 e. The Balaban J connectivity index is 0.000000491. The monoisotopic (exact) mass is 309 g/mol. The van der Waals surface area contributed by atoms with Crippen LogP contribution in [-0.4, -0.2) is 6.68 Å². The van der Waals surface area contributed by atoms with E-state index in [0.717, 1.165) is 22.6 Å². The van der Waals surface area contributed by atoms with Crippen molar-refractivity contribution in [2.24, 2.45) is 0 Å². The van der Waals surface area contributed by atoms with E-state index in [0.29, 0.717) is 0 Å². The average molecular weight is 309 g/mol. The highest BCUT2D eigenvalue weighted by Crippen LogP contribution is 2.19. The van der Waals surface area contributed by atoms with Gasteiger partial charge in [-0.2, -0.15) is 30.2 Å². The van der Waals surface area contributed by atoms with Crippen molar-refractivity contribution in [2.45, 2.75) is 18.2 Å². The van der Waals surface area contributed by atoms with Crippen LogP contribution in [0.25, 0.3) is 0 Å². The van der Waals surface area contributed by atoms with Gasteiger partial charge in [-0.25, -0.2) is 0 Å². The van der Waals surface area contributed by atoms with E-state index in [1.807, 2.05) is 42.1 Å². The number of hydrogen-bond acceptors (Lipinski definition) is 2. The molecule has 0 aliphatic rings. The molecule has 0 fully saturated rings. The summed E-state index contributed by atoms with van der Waals surface area (Å²) in [5, 5.41) is 8.98. The van der Waals surface area contributed by atoms with Gasteiger partial charge in [0.2, 0.25) is 0 Å². The lowest BCUT2D eigenvalue weighted by Gasteiger charge is -2.04. The normalized spacial score (nSPS) is 9.67. The van der Waals surface area contributed by atoms with Crippen LogP contribution in [0.5, 0.6) is 0 Å². The molecule has 0 spiro atoms. The SMILES string of the molecule is FC(F)F.N#Cc1ccccc1CSCc1ccccc1. The highest BCUT2D eigenvalue weighted by molar-refractivity contribution is 7.97. The summed E-state index contributed by atoms with van der Waals surface area (Å²) in [5.41, 5.74) is 3.23. The van der Waals surface area contributed by atoms with Gasteiger partial charge in [0.1, 0.15) is 0 Å². The summed E-state index contributed by atoms with van der Waals surface area (Å²) < 4.78 is 29.0. The number of rotatable bonds is 4. The van der Waals surface area contributed by atoms with Crippen LogP contribution in [0.4, 0.5) is 13.2 Å². The lowest BCUT2D eigenvalue weighted by Crippen LogP contribution is -1.87. The third-order valence-electron chi connectivity index (χ3n) is 2.51. The first kappa shape index (κ1) is 17.1. The zero-order valence-corrected chi connectivity index (χ0v) is 12.0. The molecule has 0 bridgehead atoms. The molecule has 0 radical (unpaired) electrons. The Hall–Kier alpha value is -1.93. The number of nitriles is 1. The smallest absolute Gasteiger partial charge is 0.192 e. The van der Waals surface area contributed by atoms with Crippen molar-refractivity contribution in [1.82, 2.24) is 0 Å². The minimum Gasteiger partial charge on any atom is -0.192 e. The van der Waals surface area contributed by atoms with Crippen LogP contribution in [0.3, 0.4) is 0 Å². The molecule has 110 valence electrons. The first-order valence-electron chi connectivity index (χ1n) is 6.15. The molecule has 0 aromatic heterocycles. The summed E-state index contributed by atoms with van der Waals surface area (Å²) in [4.78, 5) is 0. The Bertz CT molecular complexity index is 564. The molecule has 2 aromatic carbocycles. The van der Waals surface area contributed by atoms with E-state index >= 15 is 0 Å². The first-order valence-corrected chi connectivity index (χ1v) is 7.31. The number of nitrogens with zero attached hydrogens (tertiary/aromatic N) is 1. The van der Waals surface area contributed by atoms with Crippen LogP contribution in [0.15, 0.2) is 54.6 Å². The zero-order chi connectivity index (χ0) is 15.5.